The summed E-state index contributed by atoms with van der Waals surface area (Å²) in [6.45, 7) is 2.14. The van der Waals surface area contributed by atoms with Crippen LogP contribution in [0.2, 0.25) is 0 Å². The highest BCUT2D eigenvalue weighted by Crippen LogP contribution is 2.00. The Hall–Kier alpha value is -1.26. The van der Waals surface area contributed by atoms with Gasteiger partial charge in [0.15, 0.2) is 0 Å². The van der Waals surface area contributed by atoms with E-state index in [0.717, 1.165) is 0 Å². The first-order chi connectivity index (χ1) is 5.77. The molecule has 12 heavy (non-hydrogen) atoms. The van der Waals surface area contributed by atoms with Crippen molar-refractivity contribution in [2.24, 2.45) is 0 Å². The molecule has 5 nitrogen and oxygen atoms in total. The molecule has 1 rings (SSSR count). The van der Waals surface area contributed by atoms with Crippen LogP contribution < -0.4 is 0 Å². The SMILES string of the molecule is COC(=O)N1CCN([C]=O)CC1. The molecule has 5 heteroatoms. The third-order valence-electron chi connectivity index (χ3n) is 1.84. The lowest BCUT2D eigenvalue weighted by atomic mass is 10.3. The summed E-state index contributed by atoms with van der Waals surface area (Å²) in [6.07, 6.45) is 1.45. The molecule has 1 aliphatic rings. The van der Waals surface area contributed by atoms with Crippen molar-refractivity contribution in [3.05, 3.63) is 0 Å². The van der Waals surface area contributed by atoms with Crippen LogP contribution in [0.4, 0.5) is 4.79 Å². The average Bonchev–Trinajstić information content (AvgIpc) is 2.17. The Balaban J connectivity index is 2.35. The fourth-order valence-electron chi connectivity index (χ4n) is 1.11. The van der Waals surface area contributed by atoms with E-state index in [-0.39, 0.29) is 6.09 Å². The number of rotatable bonds is 1. The van der Waals surface area contributed by atoms with Gasteiger partial charge < -0.3 is 14.5 Å². The van der Waals surface area contributed by atoms with Crippen molar-refractivity contribution in [3.8, 4) is 0 Å². The maximum Gasteiger partial charge on any atom is 0.409 e. The molecule has 1 heterocycles. The molecule has 0 aliphatic carbocycles. The molecule has 1 radical (unpaired) electrons. The Morgan fingerprint density at radius 1 is 1.33 bits per heavy atom. The van der Waals surface area contributed by atoms with Crippen LogP contribution in [0.15, 0.2) is 0 Å². The van der Waals surface area contributed by atoms with E-state index < -0.39 is 0 Å². The monoisotopic (exact) mass is 171 g/mol. The Morgan fingerprint density at radius 2 is 1.92 bits per heavy atom. The van der Waals surface area contributed by atoms with Gasteiger partial charge in [-0.1, -0.05) is 0 Å². The van der Waals surface area contributed by atoms with E-state index >= 15 is 0 Å². The molecular weight excluding hydrogens is 160 g/mol. The van der Waals surface area contributed by atoms with Crippen LogP contribution in [0.25, 0.3) is 0 Å². The lowest BCUT2D eigenvalue weighted by molar-refractivity contribution is 0.105. The second-order valence-electron chi connectivity index (χ2n) is 2.54. The molecule has 0 saturated carbocycles. The minimum Gasteiger partial charge on any atom is -0.453 e. The van der Waals surface area contributed by atoms with Crippen LogP contribution in [-0.4, -0.2) is 55.6 Å². The highest BCUT2D eigenvalue weighted by atomic mass is 16.5. The van der Waals surface area contributed by atoms with Gasteiger partial charge in [-0.15, -0.1) is 0 Å². The zero-order chi connectivity index (χ0) is 8.97. The van der Waals surface area contributed by atoms with Crippen molar-refractivity contribution < 1.29 is 14.3 Å². The van der Waals surface area contributed by atoms with Crippen LogP contribution in [0.1, 0.15) is 0 Å². The first-order valence-corrected chi connectivity index (χ1v) is 3.73. The molecule has 0 spiro atoms. The number of carbonyl (C=O) groups is 1. The van der Waals surface area contributed by atoms with Gasteiger partial charge in [0.1, 0.15) is 0 Å². The maximum atomic E-state index is 10.9. The highest BCUT2D eigenvalue weighted by Gasteiger charge is 2.20. The van der Waals surface area contributed by atoms with Crippen molar-refractivity contribution in [2.75, 3.05) is 33.3 Å². The molecule has 2 amide bonds. The molecule has 0 aromatic rings. The topological polar surface area (TPSA) is 49.9 Å². The molecule has 1 saturated heterocycles. The predicted molar refractivity (Wildman–Crippen MR) is 41.2 cm³/mol. The van der Waals surface area contributed by atoms with Crippen molar-refractivity contribution >= 4 is 12.5 Å². The number of hydrogen-bond acceptors (Lipinski definition) is 3. The van der Waals surface area contributed by atoms with Crippen LogP contribution in [0.3, 0.4) is 0 Å². The standard InChI is InChI=1S/C7H11N2O3/c1-12-7(11)9-4-2-8(6-10)3-5-9/h2-5H2,1H3. The van der Waals surface area contributed by atoms with Crippen LogP contribution in [0, 0.1) is 0 Å². The number of amides is 2. The summed E-state index contributed by atoms with van der Waals surface area (Å²) >= 11 is 0. The first kappa shape index (κ1) is 8.83. The molecule has 0 atom stereocenters. The summed E-state index contributed by atoms with van der Waals surface area (Å²) in [6, 6.07) is 0. The van der Waals surface area contributed by atoms with E-state index in [4.69, 9.17) is 0 Å². The van der Waals surface area contributed by atoms with Gasteiger partial charge in [0.25, 0.3) is 0 Å². The molecule has 1 aliphatic heterocycles. The smallest absolute Gasteiger partial charge is 0.409 e. The molecule has 67 valence electrons. The van der Waals surface area contributed by atoms with Gasteiger partial charge in [-0.2, -0.15) is 0 Å². The Kier molecular flexibility index (Phi) is 2.90. The molecule has 0 N–H and O–H groups in total. The van der Waals surface area contributed by atoms with Gasteiger partial charge in [0.05, 0.1) is 7.11 Å². The minimum absolute atomic E-state index is 0.333. The van der Waals surface area contributed by atoms with E-state index in [2.05, 4.69) is 4.74 Å². The molecule has 0 bridgehead atoms. The molecule has 0 aromatic carbocycles. The van der Waals surface area contributed by atoms with Gasteiger partial charge in [-0.25, -0.2) is 4.79 Å². The number of nitrogens with zero attached hydrogens (tertiary/aromatic N) is 2. The summed E-state index contributed by atoms with van der Waals surface area (Å²) in [5.41, 5.74) is 0. The predicted octanol–water partition coefficient (Wildman–Crippen LogP) is -0.562. The van der Waals surface area contributed by atoms with Crippen molar-refractivity contribution in [1.29, 1.82) is 0 Å². The molecule has 1 fully saturated rings. The van der Waals surface area contributed by atoms with Crippen LogP contribution >= 0.6 is 0 Å². The fraction of sp³-hybridized carbons (Fsp3) is 0.714. The molecule has 0 unspecified atom stereocenters. The van der Waals surface area contributed by atoms with Gasteiger partial charge >= 0.3 is 12.5 Å². The molecule has 0 aromatic heterocycles. The average molecular weight is 171 g/mol. The van der Waals surface area contributed by atoms with Gasteiger partial charge in [0, 0.05) is 26.2 Å². The Bertz CT molecular complexity index is 175. The summed E-state index contributed by atoms with van der Waals surface area (Å²) < 4.78 is 4.53. The van der Waals surface area contributed by atoms with Gasteiger partial charge in [-0.3, -0.25) is 4.79 Å². The minimum atomic E-state index is -0.333. The third-order valence-corrected chi connectivity index (χ3v) is 1.84. The first-order valence-electron chi connectivity index (χ1n) is 3.73. The third kappa shape index (κ3) is 1.87. The number of piperazine rings is 1. The summed E-state index contributed by atoms with van der Waals surface area (Å²) in [4.78, 5) is 24.2. The Morgan fingerprint density at radius 3 is 2.33 bits per heavy atom. The normalized spacial score (nSPS) is 17.4. The molecular formula is C7H11N2O3. The van der Waals surface area contributed by atoms with Crippen LogP contribution in [-0.2, 0) is 9.53 Å². The van der Waals surface area contributed by atoms with E-state index in [1.165, 1.54) is 12.0 Å². The zero-order valence-corrected chi connectivity index (χ0v) is 6.95. The van der Waals surface area contributed by atoms with E-state index in [1.54, 1.807) is 11.3 Å². The largest absolute Gasteiger partial charge is 0.453 e. The van der Waals surface area contributed by atoms with Gasteiger partial charge in [-0.05, 0) is 0 Å². The van der Waals surface area contributed by atoms with Crippen molar-refractivity contribution in [1.82, 2.24) is 9.80 Å². The summed E-state index contributed by atoms with van der Waals surface area (Å²) in [7, 11) is 1.35. The second kappa shape index (κ2) is 3.94. The summed E-state index contributed by atoms with van der Waals surface area (Å²) in [5, 5.41) is 0. The fourth-order valence-corrected chi connectivity index (χ4v) is 1.11. The second-order valence-corrected chi connectivity index (χ2v) is 2.54. The van der Waals surface area contributed by atoms with E-state index in [9.17, 15) is 9.59 Å². The number of methoxy groups -OCH3 is 1. The number of carbonyl (C=O) groups excluding carboxylic acids is 2. The van der Waals surface area contributed by atoms with Gasteiger partial charge in [0.2, 0.25) is 0 Å². The quantitative estimate of drug-likeness (QED) is 0.531. The zero-order valence-electron chi connectivity index (χ0n) is 6.95. The lowest BCUT2D eigenvalue weighted by Gasteiger charge is -2.30. The Labute approximate surface area is 70.9 Å². The maximum absolute atomic E-state index is 10.9. The summed E-state index contributed by atoms with van der Waals surface area (Å²) in [5.74, 6) is 0. The van der Waals surface area contributed by atoms with E-state index in [0.29, 0.717) is 26.2 Å². The van der Waals surface area contributed by atoms with Crippen molar-refractivity contribution in [2.45, 2.75) is 0 Å². The van der Waals surface area contributed by atoms with E-state index in [1.807, 2.05) is 0 Å². The number of hydrogen-bond donors (Lipinski definition) is 0. The van der Waals surface area contributed by atoms with Crippen LogP contribution in [0.5, 0.6) is 0 Å². The lowest BCUT2D eigenvalue weighted by Crippen LogP contribution is -2.48. The highest BCUT2D eigenvalue weighted by molar-refractivity contribution is 5.67. The van der Waals surface area contributed by atoms with Crippen molar-refractivity contribution in [3.63, 3.8) is 0 Å². The number of ether oxygens (including phenoxy) is 1.